The van der Waals surface area contributed by atoms with E-state index < -0.39 is 30.8 Å². The zero-order chi connectivity index (χ0) is 18.8. The van der Waals surface area contributed by atoms with Gasteiger partial charge >= 0.3 is 19.2 Å². The minimum Gasteiger partial charge on any atom is -0.464 e. The van der Waals surface area contributed by atoms with E-state index in [2.05, 4.69) is 0 Å². The second-order valence-electron chi connectivity index (χ2n) is 6.91. The van der Waals surface area contributed by atoms with Gasteiger partial charge in [-0.25, -0.2) is 9.59 Å². The molecule has 1 aromatic carbocycles. The molecule has 0 bridgehead atoms. The van der Waals surface area contributed by atoms with E-state index >= 15 is 0 Å². The molecule has 0 radical (unpaired) electrons. The van der Waals surface area contributed by atoms with Gasteiger partial charge in [0.05, 0.1) is 6.61 Å². The standard InChI is InChI=1S/C17H24BNO6/c1-5-24-15(20)14-13-7-6-12(18(22)23)10-11(13)8-9-19(14)16(21)25-17(2,3)4/h6-7,10,14,22-23H,5,8-9H2,1-4H3. The zero-order valence-electron chi connectivity index (χ0n) is 15.0. The van der Waals surface area contributed by atoms with Crippen molar-refractivity contribution in [3.05, 3.63) is 29.3 Å². The molecule has 2 rings (SSSR count). The number of hydrogen-bond acceptors (Lipinski definition) is 6. The quantitative estimate of drug-likeness (QED) is 0.618. The van der Waals surface area contributed by atoms with Crippen LogP contribution in [0.2, 0.25) is 0 Å². The van der Waals surface area contributed by atoms with Gasteiger partial charge in [-0.2, -0.15) is 0 Å². The number of benzene rings is 1. The monoisotopic (exact) mass is 349 g/mol. The molecule has 0 fully saturated rings. The fourth-order valence-electron chi connectivity index (χ4n) is 2.80. The van der Waals surface area contributed by atoms with Gasteiger partial charge in [0.2, 0.25) is 0 Å². The number of amides is 1. The van der Waals surface area contributed by atoms with Gasteiger partial charge in [0.15, 0.2) is 6.04 Å². The molecule has 0 saturated heterocycles. The van der Waals surface area contributed by atoms with Crippen LogP contribution in [0.15, 0.2) is 18.2 Å². The van der Waals surface area contributed by atoms with Crippen LogP contribution in [0.3, 0.4) is 0 Å². The van der Waals surface area contributed by atoms with Gasteiger partial charge in [-0.3, -0.25) is 4.90 Å². The number of ether oxygens (including phenoxy) is 2. The lowest BCUT2D eigenvalue weighted by atomic mass is 9.77. The Kier molecular flexibility index (Phi) is 5.74. The van der Waals surface area contributed by atoms with Crippen molar-refractivity contribution in [2.45, 2.75) is 45.8 Å². The Bertz CT molecular complexity index is 655. The highest BCUT2D eigenvalue weighted by molar-refractivity contribution is 6.58. The molecule has 1 atom stereocenters. The summed E-state index contributed by atoms with van der Waals surface area (Å²) in [6.45, 7) is 7.45. The predicted octanol–water partition coefficient (Wildman–Crippen LogP) is 0.764. The first kappa shape index (κ1) is 19.3. The van der Waals surface area contributed by atoms with Crippen molar-refractivity contribution in [2.24, 2.45) is 0 Å². The molecule has 0 spiro atoms. The summed E-state index contributed by atoms with van der Waals surface area (Å²) in [4.78, 5) is 26.4. The molecule has 136 valence electrons. The number of nitrogens with zero attached hydrogens (tertiary/aromatic N) is 1. The summed E-state index contributed by atoms with van der Waals surface area (Å²) in [5.41, 5.74) is 1.05. The molecule has 2 N–H and O–H groups in total. The van der Waals surface area contributed by atoms with E-state index in [0.29, 0.717) is 17.4 Å². The molecule has 1 aromatic rings. The maximum absolute atomic E-state index is 12.5. The highest BCUT2D eigenvalue weighted by Gasteiger charge is 2.39. The van der Waals surface area contributed by atoms with Gasteiger partial charge in [-0.05, 0) is 50.7 Å². The Hall–Kier alpha value is -2.06. The normalized spacial score (nSPS) is 16.9. The molecule has 8 heteroatoms. The van der Waals surface area contributed by atoms with E-state index in [9.17, 15) is 19.6 Å². The number of carbonyl (C=O) groups is 2. The van der Waals surface area contributed by atoms with E-state index in [4.69, 9.17) is 9.47 Å². The second-order valence-corrected chi connectivity index (χ2v) is 6.91. The largest absolute Gasteiger partial charge is 0.488 e. The van der Waals surface area contributed by atoms with Gasteiger partial charge in [0.1, 0.15) is 5.60 Å². The number of rotatable bonds is 3. The van der Waals surface area contributed by atoms with Crippen LogP contribution in [-0.2, 0) is 20.7 Å². The third-order valence-corrected chi connectivity index (χ3v) is 3.83. The lowest BCUT2D eigenvalue weighted by molar-refractivity contribution is -0.150. The number of fused-ring (bicyclic) bond motifs is 1. The topological polar surface area (TPSA) is 96.3 Å². The molecule has 7 nitrogen and oxygen atoms in total. The van der Waals surface area contributed by atoms with Crippen molar-refractivity contribution in [3.63, 3.8) is 0 Å². The van der Waals surface area contributed by atoms with E-state index in [1.54, 1.807) is 39.8 Å². The van der Waals surface area contributed by atoms with E-state index in [1.807, 2.05) is 0 Å². The number of hydrogen-bond donors (Lipinski definition) is 2. The van der Waals surface area contributed by atoms with Gasteiger partial charge in [-0.15, -0.1) is 0 Å². The Morgan fingerprint density at radius 3 is 2.56 bits per heavy atom. The van der Waals surface area contributed by atoms with E-state index in [1.165, 1.54) is 11.0 Å². The van der Waals surface area contributed by atoms with Crippen LogP contribution >= 0.6 is 0 Å². The van der Waals surface area contributed by atoms with Crippen LogP contribution < -0.4 is 5.46 Å². The average Bonchev–Trinajstić information content (AvgIpc) is 2.51. The van der Waals surface area contributed by atoms with Gasteiger partial charge in [0, 0.05) is 6.54 Å². The molecular weight excluding hydrogens is 325 g/mol. The zero-order valence-corrected chi connectivity index (χ0v) is 15.0. The van der Waals surface area contributed by atoms with Crippen molar-refractivity contribution in [2.75, 3.05) is 13.2 Å². The van der Waals surface area contributed by atoms with E-state index in [0.717, 1.165) is 5.56 Å². The number of carbonyl (C=O) groups excluding carboxylic acids is 2. The molecular formula is C17H24BNO6. The van der Waals surface area contributed by atoms with Crippen molar-refractivity contribution in [3.8, 4) is 0 Å². The molecule has 0 aliphatic carbocycles. The SMILES string of the molecule is CCOC(=O)C1c2ccc(B(O)O)cc2CCN1C(=O)OC(C)(C)C. The first-order valence-electron chi connectivity index (χ1n) is 8.29. The molecule has 1 unspecified atom stereocenters. The molecule has 1 amide bonds. The third kappa shape index (κ3) is 4.52. The summed E-state index contributed by atoms with van der Waals surface area (Å²) < 4.78 is 10.6. The second kappa shape index (κ2) is 7.45. The van der Waals surface area contributed by atoms with Crippen LogP contribution in [-0.4, -0.2) is 52.9 Å². The first-order chi connectivity index (χ1) is 11.6. The summed E-state index contributed by atoms with van der Waals surface area (Å²) in [5.74, 6) is -0.536. The van der Waals surface area contributed by atoms with Gasteiger partial charge in [0.25, 0.3) is 0 Å². The Balaban J connectivity index is 2.40. The average molecular weight is 349 g/mol. The third-order valence-electron chi connectivity index (χ3n) is 3.83. The molecule has 0 aromatic heterocycles. The molecule has 1 aliphatic heterocycles. The van der Waals surface area contributed by atoms with Crippen LogP contribution in [0.25, 0.3) is 0 Å². The van der Waals surface area contributed by atoms with Crippen LogP contribution in [0.4, 0.5) is 4.79 Å². The summed E-state index contributed by atoms with van der Waals surface area (Å²) in [5, 5.41) is 18.7. The maximum atomic E-state index is 12.5. The molecule has 1 heterocycles. The van der Waals surface area contributed by atoms with E-state index in [-0.39, 0.29) is 13.2 Å². The fraction of sp³-hybridized carbons (Fsp3) is 0.529. The summed E-state index contributed by atoms with van der Waals surface area (Å²) in [6.07, 6.45) is -0.104. The summed E-state index contributed by atoms with van der Waals surface area (Å²) in [7, 11) is -1.59. The fourth-order valence-corrected chi connectivity index (χ4v) is 2.80. The van der Waals surface area contributed by atoms with Gasteiger partial charge in [-0.1, -0.05) is 18.2 Å². The molecule has 25 heavy (non-hydrogen) atoms. The smallest absolute Gasteiger partial charge is 0.464 e. The van der Waals surface area contributed by atoms with Crippen molar-refractivity contribution >= 4 is 24.6 Å². The lowest BCUT2D eigenvalue weighted by Crippen LogP contribution is -2.46. The van der Waals surface area contributed by atoms with Crippen molar-refractivity contribution in [1.82, 2.24) is 4.90 Å². The Morgan fingerprint density at radius 1 is 1.32 bits per heavy atom. The summed E-state index contributed by atoms with van der Waals surface area (Å²) in [6, 6.07) is 3.87. The first-order valence-corrected chi connectivity index (χ1v) is 8.29. The van der Waals surface area contributed by atoms with Crippen LogP contribution in [0, 0.1) is 0 Å². The maximum Gasteiger partial charge on any atom is 0.488 e. The molecule has 0 saturated carbocycles. The predicted molar refractivity (Wildman–Crippen MR) is 92.3 cm³/mol. The van der Waals surface area contributed by atoms with Crippen LogP contribution in [0.5, 0.6) is 0 Å². The number of esters is 1. The minimum absolute atomic E-state index is 0.195. The lowest BCUT2D eigenvalue weighted by Gasteiger charge is -2.36. The Labute approximate surface area is 147 Å². The minimum atomic E-state index is -1.59. The highest BCUT2D eigenvalue weighted by Crippen LogP contribution is 2.31. The Morgan fingerprint density at radius 2 is 2.00 bits per heavy atom. The van der Waals surface area contributed by atoms with Crippen molar-refractivity contribution < 1.29 is 29.1 Å². The molecule has 1 aliphatic rings. The highest BCUT2D eigenvalue weighted by atomic mass is 16.6. The van der Waals surface area contributed by atoms with Crippen LogP contribution in [0.1, 0.15) is 44.9 Å². The van der Waals surface area contributed by atoms with Crippen molar-refractivity contribution in [1.29, 1.82) is 0 Å². The van der Waals surface area contributed by atoms with Gasteiger partial charge < -0.3 is 19.5 Å². The summed E-state index contributed by atoms with van der Waals surface area (Å²) >= 11 is 0.